The zero-order valence-corrected chi connectivity index (χ0v) is 16.8. The smallest absolute Gasteiger partial charge is 0.234 e. The van der Waals surface area contributed by atoms with Gasteiger partial charge < -0.3 is 9.84 Å². The van der Waals surface area contributed by atoms with E-state index in [1.165, 1.54) is 12.1 Å². The first-order chi connectivity index (χ1) is 15.6. The number of anilines is 1. The van der Waals surface area contributed by atoms with Crippen LogP contribution in [0.4, 0.5) is 10.1 Å². The Morgan fingerprint density at radius 1 is 1.03 bits per heavy atom. The second-order valence-corrected chi connectivity index (χ2v) is 7.10. The number of nitrogens with one attached hydrogen (secondary N) is 1. The average molecular weight is 428 g/mol. The van der Waals surface area contributed by atoms with E-state index in [0.29, 0.717) is 35.2 Å². The van der Waals surface area contributed by atoms with Gasteiger partial charge in [-0.15, -0.1) is 0 Å². The molecular formula is C23H17FN6O2. The highest BCUT2D eigenvalue weighted by atomic mass is 19.1. The Balaban J connectivity index is 1.18. The van der Waals surface area contributed by atoms with Crippen molar-refractivity contribution in [2.75, 3.05) is 5.32 Å². The molecule has 0 radical (unpaired) electrons. The third kappa shape index (κ3) is 4.22. The van der Waals surface area contributed by atoms with Crippen LogP contribution in [0.3, 0.4) is 0 Å². The Kier molecular flexibility index (Phi) is 5.12. The summed E-state index contributed by atoms with van der Waals surface area (Å²) in [5.41, 5.74) is 3.05. The van der Waals surface area contributed by atoms with Crippen molar-refractivity contribution in [2.24, 2.45) is 0 Å². The summed E-state index contributed by atoms with van der Waals surface area (Å²) < 4.78 is 20.1. The fraction of sp³-hybridized carbons (Fsp3) is 0.0870. The summed E-state index contributed by atoms with van der Waals surface area (Å²) in [4.78, 5) is 25.3. The van der Waals surface area contributed by atoms with E-state index in [-0.39, 0.29) is 18.1 Å². The maximum atomic E-state index is 13.0. The SMILES string of the molecule is O=C(CCc1nc(-c2ccc(F)cc2)no1)Nc1ccc(-c2cn3cccnc3n2)cc1. The van der Waals surface area contributed by atoms with Gasteiger partial charge >= 0.3 is 0 Å². The van der Waals surface area contributed by atoms with Crippen LogP contribution in [0, 0.1) is 5.82 Å². The average Bonchev–Trinajstić information content (AvgIpc) is 3.46. The highest BCUT2D eigenvalue weighted by Crippen LogP contribution is 2.21. The van der Waals surface area contributed by atoms with Crippen molar-refractivity contribution in [1.82, 2.24) is 24.5 Å². The molecule has 32 heavy (non-hydrogen) atoms. The zero-order chi connectivity index (χ0) is 21.9. The van der Waals surface area contributed by atoms with Gasteiger partial charge in [-0.3, -0.25) is 9.20 Å². The van der Waals surface area contributed by atoms with Gasteiger partial charge in [-0.1, -0.05) is 17.3 Å². The number of carbonyl (C=O) groups is 1. The third-order valence-electron chi connectivity index (χ3n) is 4.84. The summed E-state index contributed by atoms with van der Waals surface area (Å²) in [7, 11) is 0. The van der Waals surface area contributed by atoms with Crippen LogP contribution < -0.4 is 5.32 Å². The van der Waals surface area contributed by atoms with Gasteiger partial charge in [-0.2, -0.15) is 4.98 Å². The number of hydrogen-bond donors (Lipinski definition) is 1. The van der Waals surface area contributed by atoms with Crippen molar-refractivity contribution in [3.63, 3.8) is 0 Å². The van der Waals surface area contributed by atoms with Crippen LogP contribution in [0.15, 0.2) is 77.7 Å². The van der Waals surface area contributed by atoms with Gasteiger partial charge in [0.1, 0.15) is 5.82 Å². The minimum absolute atomic E-state index is 0.170. The summed E-state index contributed by atoms with van der Waals surface area (Å²) in [5, 5.41) is 6.73. The van der Waals surface area contributed by atoms with E-state index in [2.05, 4.69) is 25.4 Å². The summed E-state index contributed by atoms with van der Waals surface area (Å²) in [6, 6.07) is 15.1. The molecule has 2 aromatic carbocycles. The molecule has 3 aromatic heterocycles. The number of fused-ring (bicyclic) bond motifs is 1. The van der Waals surface area contributed by atoms with E-state index >= 15 is 0 Å². The summed E-state index contributed by atoms with van der Waals surface area (Å²) in [6.45, 7) is 0. The summed E-state index contributed by atoms with van der Waals surface area (Å²) in [6.07, 6.45) is 5.97. The molecule has 1 amide bonds. The van der Waals surface area contributed by atoms with E-state index in [0.717, 1.165) is 11.3 Å². The molecule has 9 heteroatoms. The Hall–Kier alpha value is -4.40. The number of benzene rings is 2. The monoisotopic (exact) mass is 428 g/mol. The first kappa shape index (κ1) is 19.6. The van der Waals surface area contributed by atoms with Crippen LogP contribution in [0.2, 0.25) is 0 Å². The second-order valence-electron chi connectivity index (χ2n) is 7.10. The highest BCUT2D eigenvalue weighted by Gasteiger charge is 2.11. The van der Waals surface area contributed by atoms with Crippen LogP contribution in [-0.4, -0.2) is 30.4 Å². The van der Waals surface area contributed by atoms with Crippen LogP contribution in [0.5, 0.6) is 0 Å². The second kappa shape index (κ2) is 8.38. The molecule has 5 rings (SSSR count). The van der Waals surface area contributed by atoms with Crippen molar-refractivity contribution in [2.45, 2.75) is 12.8 Å². The molecular weight excluding hydrogens is 411 g/mol. The van der Waals surface area contributed by atoms with Crippen molar-refractivity contribution >= 4 is 17.4 Å². The van der Waals surface area contributed by atoms with E-state index < -0.39 is 0 Å². The minimum atomic E-state index is -0.336. The molecule has 0 aliphatic heterocycles. The van der Waals surface area contributed by atoms with Crippen molar-refractivity contribution in [3.05, 3.63) is 84.9 Å². The van der Waals surface area contributed by atoms with Crippen molar-refractivity contribution in [1.29, 1.82) is 0 Å². The van der Waals surface area contributed by atoms with Gasteiger partial charge in [-0.05, 0) is 42.5 Å². The Bertz CT molecular complexity index is 1340. The van der Waals surface area contributed by atoms with Crippen LogP contribution >= 0.6 is 0 Å². The third-order valence-corrected chi connectivity index (χ3v) is 4.84. The Labute approximate surface area is 181 Å². The van der Waals surface area contributed by atoms with E-state index in [1.54, 1.807) is 18.3 Å². The van der Waals surface area contributed by atoms with Crippen molar-refractivity contribution < 1.29 is 13.7 Å². The standard InChI is InChI=1S/C23H17FN6O2/c24-17-6-2-16(3-7-17)22-28-21(32-29-22)11-10-20(31)26-18-8-4-15(5-9-18)19-14-30-13-1-12-25-23(30)27-19/h1-9,12-14H,10-11H2,(H,26,31). The number of hydrogen-bond acceptors (Lipinski definition) is 6. The fourth-order valence-corrected chi connectivity index (χ4v) is 3.21. The summed E-state index contributed by atoms with van der Waals surface area (Å²) in [5.74, 6) is 0.825. The molecule has 8 nitrogen and oxygen atoms in total. The molecule has 0 aliphatic carbocycles. The number of rotatable bonds is 6. The van der Waals surface area contributed by atoms with E-state index in [4.69, 9.17) is 4.52 Å². The number of halogens is 1. The molecule has 0 saturated heterocycles. The lowest BCUT2D eigenvalue weighted by Crippen LogP contribution is -2.12. The Morgan fingerprint density at radius 2 is 1.81 bits per heavy atom. The van der Waals surface area contributed by atoms with Gasteiger partial charge in [0.05, 0.1) is 5.69 Å². The molecule has 0 unspecified atom stereocenters. The number of imidazole rings is 1. The van der Waals surface area contributed by atoms with Crippen LogP contribution in [0.1, 0.15) is 12.3 Å². The first-order valence-electron chi connectivity index (χ1n) is 9.92. The molecule has 0 saturated carbocycles. The molecule has 0 atom stereocenters. The molecule has 0 aliphatic rings. The first-order valence-corrected chi connectivity index (χ1v) is 9.92. The number of aryl methyl sites for hydroxylation is 1. The number of amides is 1. The summed E-state index contributed by atoms with van der Waals surface area (Å²) >= 11 is 0. The number of aromatic nitrogens is 5. The lowest BCUT2D eigenvalue weighted by Gasteiger charge is -2.05. The molecule has 5 aromatic rings. The molecule has 1 N–H and O–H groups in total. The maximum Gasteiger partial charge on any atom is 0.234 e. The molecule has 158 valence electrons. The topological polar surface area (TPSA) is 98.2 Å². The zero-order valence-electron chi connectivity index (χ0n) is 16.8. The van der Waals surface area contributed by atoms with E-state index in [9.17, 15) is 9.18 Å². The quantitative estimate of drug-likeness (QED) is 0.436. The molecule has 3 heterocycles. The number of nitrogens with zero attached hydrogens (tertiary/aromatic N) is 5. The number of carbonyl (C=O) groups excluding carboxylic acids is 1. The fourth-order valence-electron chi connectivity index (χ4n) is 3.21. The highest BCUT2D eigenvalue weighted by molar-refractivity contribution is 5.91. The lowest BCUT2D eigenvalue weighted by molar-refractivity contribution is -0.116. The van der Waals surface area contributed by atoms with Crippen LogP contribution in [0.25, 0.3) is 28.4 Å². The Morgan fingerprint density at radius 3 is 2.59 bits per heavy atom. The minimum Gasteiger partial charge on any atom is -0.339 e. The van der Waals surface area contributed by atoms with E-state index in [1.807, 2.05) is 47.1 Å². The lowest BCUT2D eigenvalue weighted by atomic mass is 10.1. The van der Waals surface area contributed by atoms with Gasteiger partial charge in [-0.25, -0.2) is 14.4 Å². The predicted molar refractivity (Wildman–Crippen MR) is 115 cm³/mol. The molecule has 0 bridgehead atoms. The van der Waals surface area contributed by atoms with Crippen molar-refractivity contribution in [3.8, 4) is 22.6 Å². The normalized spacial score (nSPS) is 11.0. The predicted octanol–water partition coefficient (Wildman–Crippen LogP) is 4.16. The van der Waals surface area contributed by atoms with Gasteiger partial charge in [0.2, 0.25) is 23.4 Å². The molecule has 0 fully saturated rings. The van der Waals surface area contributed by atoms with Gasteiger partial charge in [0, 0.05) is 48.2 Å². The largest absolute Gasteiger partial charge is 0.339 e. The molecule has 0 spiro atoms. The maximum absolute atomic E-state index is 13.0. The van der Waals surface area contributed by atoms with Gasteiger partial charge in [0.25, 0.3) is 0 Å². The van der Waals surface area contributed by atoms with Crippen LogP contribution in [-0.2, 0) is 11.2 Å². The van der Waals surface area contributed by atoms with Gasteiger partial charge in [0.15, 0.2) is 0 Å².